The summed E-state index contributed by atoms with van der Waals surface area (Å²) in [7, 11) is 0. The summed E-state index contributed by atoms with van der Waals surface area (Å²) < 4.78 is 5.97. The van der Waals surface area contributed by atoms with Crippen LogP contribution in [0.25, 0.3) is 0 Å². The molecule has 1 fully saturated rings. The fraction of sp³-hybridized carbons (Fsp3) is 0.889. The first kappa shape index (κ1) is 16.0. The van der Waals surface area contributed by atoms with Crippen LogP contribution < -0.4 is 5.32 Å². The number of ether oxygens (including phenoxy) is 1. The van der Waals surface area contributed by atoms with Crippen molar-refractivity contribution in [1.82, 2.24) is 5.32 Å². The summed E-state index contributed by atoms with van der Waals surface area (Å²) >= 11 is 0. The maximum atomic E-state index is 5.97. The average molecular weight is 279 g/mol. The van der Waals surface area contributed by atoms with Crippen LogP contribution in [-0.2, 0) is 4.74 Å². The third kappa shape index (κ3) is 5.57. The van der Waals surface area contributed by atoms with Gasteiger partial charge in [-0.3, -0.25) is 0 Å². The highest BCUT2D eigenvalue weighted by atomic mass is 16.5. The van der Waals surface area contributed by atoms with Gasteiger partial charge in [0.2, 0.25) is 0 Å². The second-order valence-electron chi connectivity index (χ2n) is 6.46. The van der Waals surface area contributed by atoms with E-state index in [1.165, 1.54) is 70.6 Å². The fourth-order valence-corrected chi connectivity index (χ4v) is 3.47. The quantitative estimate of drug-likeness (QED) is 0.718. The Morgan fingerprint density at radius 3 is 2.90 bits per heavy atom. The van der Waals surface area contributed by atoms with Gasteiger partial charge in [0.25, 0.3) is 0 Å². The lowest BCUT2D eigenvalue weighted by atomic mass is 9.90. The third-order valence-electron chi connectivity index (χ3n) is 4.69. The van der Waals surface area contributed by atoms with Crippen molar-refractivity contribution >= 4 is 0 Å². The predicted octanol–water partition coefficient (Wildman–Crippen LogP) is 4.59. The van der Waals surface area contributed by atoms with Gasteiger partial charge in [-0.05, 0) is 64.3 Å². The molecule has 1 saturated heterocycles. The zero-order valence-electron chi connectivity index (χ0n) is 13.3. The molecule has 0 bridgehead atoms. The SMILES string of the molecule is CCCNC(CC1CCCCO1)C1=CCCCCCC1. The Kier molecular flexibility index (Phi) is 7.67. The van der Waals surface area contributed by atoms with Crippen LogP contribution >= 0.6 is 0 Å². The van der Waals surface area contributed by atoms with Crippen molar-refractivity contribution in [2.75, 3.05) is 13.2 Å². The van der Waals surface area contributed by atoms with E-state index in [-0.39, 0.29) is 0 Å². The van der Waals surface area contributed by atoms with Gasteiger partial charge in [0.05, 0.1) is 6.10 Å². The minimum Gasteiger partial charge on any atom is -0.378 e. The zero-order chi connectivity index (χ0) is 14.0. The lowest BCUT2D eigenvalue weighted by Gasteiger charge is -2.30. The number of allylic oxidation sites excluding steroid dienone is 1. The number of nitrogens with one attached hydrogen (secondary N) is 1. The normalized spacial score (nSPS) is 26.4. The Labute approximate surface area is 125 Å². The molecule has 116 valence electrons. The summed E-state index contributed by atoms with van der Waals surface area (Å²) in [4.78, 5) is 0. The van der Waals surface area contributed by atoms with Gasteiger partial charge in [-0.1, -0.05) is 31.4 Å². The minimum atomic E-state index is 0.490. The van der Waals surface area contributed by atoms with Gasteiger partial charge in [0.1, 0.15) is 0 Å². The summed E-state index contributed by atoms with van der Waals surface area (Å²) in [5.41, 5.74) is 1.67. The van der Waals surface area contributed by atoms with Crippen LogP contribution in [0.1, 0.15) is 77.6 Å². The largest absolute Gasteiger partial charge is 0.378 e. The van der Waals surface area contributed by atoms with Crippen LogP contribution in [0.3, 0.4) is 0 Å². The van der Waals surface area contributed by atoms with Crippen molar-refractivity contribution in [3.8, 4) is 0 Å². The highest BCUT2D eigenvalue weighted by molar-refractivity contribution is 5.12. The molecule has 2 nitrogen and oxygen atoms in total. The monoisotopic (exact) mass is 279 g/mol. The highest BCUT2D eigenvalue weighted by Crippen LogP contribution is 2.25. The van der Waals surface area contributed by atoms with Gasteiger partial charge in [-0.25, -0.2) is 0 Å². The van der Waals surface area contributed by atoms with E-state index in [1.807, 2.05) is 0 Å². The van der Waals surface area contributed by atoms with E-state index in [9.17, 15) is 0 Å². The standard InChI is InChI=1S/C18H33NO/c1-2-13-19-18(15-17-12-8-9-14-20-17)16-10-6-4-3-5-7-11-16/h10,17-19H,2-9,11-15H2,1H3. The molecule has 2 atom stereocenters. The molecule has 20 heavy (non-hydrogen) atoms. The van der Waals surface area contributed by atoms with Gasteiger partial charge in [-0.2, -0.15) is 0 Å². The predicted molar refractivity (Wildman–Crippen MR) is 86.1 cm³/mol. The summed E-state index contributed by atoms with van der Waals surface area (Å²) in [6, 6.07) is 0.566. The van der Waals surface area contributed by atoms with Crippen LogP contribution in [0.15, 0.2) is 11.6 Å². The van der Waals surface area contributed by atoms with Crippen LogP contribution in [0, 0.1) is 0 Å². The molecule has 2 aliphatic rings. The molecule has 0 saturated carbocycles. The molecule has 1 heterocycles. The molecule has 0 spiro atoms. The Balaban J connectivity index is 1.92. The molecule has 2 unspecified atom stereocenters. The van der Waals surface area contributed by atoms with Gasteiger partial charge in [0, 0.05) is 12.6 Å². The molecule has 1 aliphatic heterocycles. The zero-order valence-corrected chi connectivity index (χ0v) is 13.3. The lowest BCUT2D eigenvalue weighted by Crippen LogP contribution is -2.37. The smallest absolute Gasteiger partial charge is 0.0593 e. The summed E-state index contributed by atoms with van der Waals surface area (Å²) in [6.45, 7) is 4.37. The molecule has 2 rings (SSSR count). The Bertz CT molecular complexity index is 281. The van der Waals surface area contributed by atoms with E-state index in [2.05, 4.69) is 18.3 Å². The lowest BCUT2D eigenvalue weighted by molar-refractivity contribution is 0.00707. The molecule has 0 aromatic rings. The first-order chi connectivity index (χ1) is 9.90. The topological polar surface area (TPSA) is 21.3 Å². The molecule has 1 N–H and O–H groups in total. The highest BCUT2D eigenvalue weighted by Gasteiger charge is 2.22. The molecular weight excluding hydrogens is 246 g/mol. The van der Waals surface area contributed by atoms with E-state index in [4.69, 9.17) is 4.74 Å². The summed E-state index contributed by atoms with van der Waals surface area (Å²) in [5, 5.41) is 3.79. The van der Waals surface area contributed by atoms with Crippen molar-refractivity contribution in [1.29, 1.82) is 0 Å². The Hall–Kier alpha value is -0.340. The maximum absolute atomic E-state index is 5.97. The average Bonchev–Trinajstić information content (AvgIpc) is 2.45. The fourth-order valence-electron chi connectivity index (χ4n) is 3.47. The van der Waals surface area contributed by atoms with Crippen molar-refractivity contribution < 1.29 is 4.74 Å². The van der Waals surface area contributed by atoms with Crippen LogP contribution in [-0.4, -0.2) is 25.3 Å². The van der Waals surface area contributed by atoms with E-state index in [1.54, 1.807) is 5.57 Å². The van der Waals surface area contributed by atoms with Crippen molar-refractivity contribution in [3.05, 3.63) is 11.6 Å². The van der Waals surface area contributed by atoms with Crippen molar-refractivity contribution in [2.24, 2.45) is 0 Å². The first-order valence-electron chi connectivity index (χ1n) is 8.94. The van der Waals surface area contributed by atoms with E-state index in [0.717, 1.165) is 13.2 Å². The molecule has 1 aliphatic carbocycles. The van der Waals surface area contributed by atoms with Gasteiger partial charge >= 0.3 is 0 Å². The van der Waals surface area contributed by atoms with Crippen LogP contribution in [0.2, 0.25) is 0 Å². The van der Waals surface area contributed by atoms with Crippen molar-refractivity contribution in [2.45, 2.75) is 89.7 Å². The molecule has 0 aromatic heterocycles. The first-order valence-corrected chi connectivity index (χ1v) is 8.94. The number of rotatable bonds is 6. The third-order valence-corrected chi connectivity index (χ3v) is 4.69. The van der Waals surface area contributed by atoms with Crippen LogP contribution in [0.5, 0.6) is 0 Å². The molecule has 2 heteroatoms. The van der Waals surface area contributed by atoms with E-state index in [0.29, 0.717) is 12.1 Å². The molecule has 0 radical (unpaired) electrons. The molecule has 0 aromatic carbocycles. The maximum Gasteiger partial charge on any atom is 0.0593 e. The van der Waals surface area contributed by atoms with E-state index >= 15 is 0 Å². The molecular formula is C18H33NO. The molecule has 0 amide bonds. The minimum absolute atomic E-state index is 0.490. The van der Waals surface area contributed by atoms with E-state index < -0.39 is 0 Å². The summed E-state index contributed by atoms with van der Waals surface area (Å²) in [6.07, 6.45) is 17.5. The number of hydrogen-bond donors (Lipinski definition) is 1. The second-order valence-corrected chi connectivity index (χ2v) is 6.46. The second kappa shape index (κ2) is 9.57. The van der Waals surface area contributed by atoms with Gasteiger partial charge in [0.15, 0.2) is 0 Å². The van der Waals surface area contributed by atoms with Gasteiger partial charge in [-0.15, -0.1) is 0 Å². The Morgan fingerprint density at radius 1 is 1.20 bits per heavy atom. The summed E-state index contributed by atoms with van der Waals surface area (Å²) in [5.74, 6) is 0. The van der Waals surface area contributed by atoms with Gasteiger partial charge < -0.3 is 10.1 Å². The number of hydrogen-bond acceptors (Lipinski definition) is 2. The Morgan fingerprint density at radius 2 is 2.10 bits per heavy atom. The van der Waals surface area contributed by atoms with Crippen LogP contribution in [0.4, 0.5) is 0 Å². The van der Waals surface area contributed by atoms with Crippen molar-refractivity contribution in [3.63, 3.8) is 0 Å².